The molecule has 1 fully saturated rings. The number of rotatable bonds is 8. The van der Waals surface area contributed by atoms with Crippen molar-refractivity contribution in [1.82, 2.24) is 15.2 Å². The van der Waals surface area contributed by atoms with Crippen molar-refractivity contribution in [3.05, 3.63) is 41.8 Å². The van der Waals surface area contributed by atoms with Crippen LogP contribution in [0.3, 0.4) is 0 Å². The first-order chi connectivity index (χ1) is 12.9. The van der Waals surface area contributed by atoms with Gasteiger partial charge in [0.25, 0.3) is 5.91 Å². The van der Waals surface area contributed by atoms with E-state index in [0.29, 0.717) is 23.8 Å². The summed E-state index contributed by atoms with van der Waals surface area (Å²) in [6.07, 6.45) is 4.92. The third-order valence-corrected chi connectivity index (χ3v) is 5.10. The van der Waals surface area contributed by atoms with E-state index in [9.17, 15) is 9.59 Å². The van der Waals surface area contributed by atoms with Crippen LogP contribution < -0.4 is 5.32 Å². The molecule has 0 bridgehead atoms. The maximum atomic E-state index is 12.9. The number of imide groups is 1. The van der Waals surface area contributed by atoms with Crippen LogP contribution in [0.5, 0.6) is 0 Å². The van der Waals surface area contributed by atoms with Crippen LogP contribution in [0.1, 0.15) is 57.4 Å². The number of amides is 3. The summed E-state index contributed by atoms with van der Waals surface area (Å²) in [5.41, 5.74) is 0.641. The van der Waals surface area contributed by atoms with E-state index in [1.54, 1.807) is 6.92 Å². The smallest absolute Gasteiger partial charge is 0.325 e. The van der Waals surface area contributed by atoms with Crippen LogP contribution in [0, 0.1) is 6.92 Å². The van der Waals surface area contributed by atoms with Crippen LogP contribution in [0.2, 0.25) is 0 Å². The average molecular weight is 369 g/mol. The number of urea groups is 1. The Bertz CT molecular complexity index is 815. The van der Waals surface area contributed by atoms with Crippen molar-refractivity contribution >= 4 is 11.9 Å². The minimum absolute atomic E-state index is 0.122. The summed E-state index contributed by atoms with van der Waals surface area (Å²) in [6.45, 7) is 5.88. The molecule has 0 radical (unpaired) electrons. The molecule has 1 aliphatic rings. The second-order valence-electron chi connectivity index (χ2n) is 7.35. The van der Waals surface area contributed by atoms with E-state index in [-0.39, 0.29) is 18.5 Å². The Morgan fingerprint density at radius 1 is 1.15 bits per heavy atom. The Morgan fingerprint density at radius 3 is 2.59 bits per heavy atom. The SMILES string of the molecule is CCCCCCC1(C)NC(=O)N(Cc2nc(-c3ccccc3)oc2C)C1=O. The van der Waals surface area contributed by atoms with Gasteiger partial charge in [-0.05, 0) is 32.4 Å². The van der Waals surface area contributed by atoms with Crippen molar-refractivity contribution in [1.29, 1.82) is 0 Å². The highest BCUT2D eigenvalue weighted by molar-refractivity contribution is 6.06. The van der Waals surface area contributed by atoms with E-state index in [0.717, 1.165) is 31.2 Å². The Kier molecular flexibility index (Phi) is 5.63. The maximum absolute atomic E-state index is 12.9. The zero-order valence-corrected chi connectivity index (χ0v) is 16.2. The number of benzene rings is 1. The van der Waals surface area contributed by atoms with Gasteiger partial charge in [0.1, 0.15) is 17.0 Å². The molecule has 1 atom stereocenters. The maximum Gasteiger partial charge on any atom is 0.325 e. The number of oxazole rings is 1. The fraction of sp³-hybridized carbons (Fsp3) is 0.476. The second kappa shape index (κ2) is 7.94. The summed E-state index contributed by atoms with van der Waals surface area (Å²) < 4.78 is 5.74. The van der Waals surface area contributed by atoms with Crippen LogP contribution in [0.15, 0.2) is 34.7 Å². The average Bonchev–Trinajstić information content (AvgIpc) is 3.13. The molecule has 0 spiro atoms. The van der Waals surface area contributed by atoms with Crippen molar-refractivity contribution in [2.75, 3.05) is 0 Å². The monoisotopic (exact) mass is 369 g/mol. The fourth-order valence-corrected chi connectivity index (χ4v) is 3.39. The van der Waals surface area contributed by atoms with Gasteiger partial charge in [-0.15, -0.1) is 0 Å². The molecule has 27 heavy (non-hydrogen) atoms. The zero-order chi connectivity index (χ0) is 19.4. The van der Waals surface area contributed by atoms with E-state index in [1.807, 2.05) is 37.3 Å². The molecule has 1 saturated heterocycles. The van der Waals surface area contributed by atoms with Gasteiger partial charge in [-0.2, -0.15) is 0 Å². The minimum atomic E-state index is -0.829. The molecule has 2 aromatic rings. The van der Waals surface area contributed by atoms with Crippen molar-refractivity contribution in [2.45, 2.75) is 65.0 Å². The standard InChI is InChI=1S/C21H27N3O3/c1-4-5-6-10-13-21(3)19(25)24(20(26)23-21)14-17-15(2)27-18(22-17)16-11-8-7-9-12-16/h7-9,11-12H,4-6,10,13-14H2,1-3H3,(H,23,26). The van der Waals surface area contributed by atoms with Crippen LogP contribution in [-0.4, -0.2) is 27.4 Å². The molecule has 6 nitrogen and oxygen atoms in total. The summed E-state index contributed by atoms with van der Waals surface area (Å²) in [6, 6.07) is 9.22. The molecular formula is C21H27N3O3. The number of nitrogens with zero attached hydrogens (tertiary/aromatic N) is 2. The lowest BCUT2D eigenvalue weighted by Gasteiger charge is -2.21. The summed E-state index contributed by atoms with van der Waals surface area (Å²) in [5.74, 6) is 0.927. The van der Waals surface area contributed by atoms with Gasteiger partial charge in [0.15, 0.2) is 0 Å². The molecule has 0 saturated carbocycles. The first-order valence-electron chi connectivity index (χ1n) is 9.60. The number of nitrogens with one attached hydrogen (secondary N) is 1. The molecular weight excluding hydrogens is 342 g/mol. The van der Waals surface area contributed by atoms with Gasteiger partial charge in [-0.1, -0.05) is 50.8 Å². The number of aromatic nitrogens is 1. The Morgan fingerprint density at radius 2 is 1.89 bits per heavy atom. The molecule has 2 heterocycles. The van der Waals surface area contributed by atoms with E-state index in [2.05, 4.69) is 17.2 Å². The lowest BCUT2D eigenvalue weighted by molar-refractivity contribution is -0.131. The summed E-state index contributed by atoms with van der Waals surface area (Å²) in [5, 5.41) is 2.86. The molecule has 1 aliphatic heterocycles. The summed E-state index contributed by atoms with van der Waals surface area (Å²) in [4.78, 5) is 31.1. The number of hydrogen-bond donors (Lipinski definition) is 1. The Balaban J connectivity index is 1.71. The molecule has 0 aliphatic carbocycles. The second-order valence-corrected chi connectivity index (χ2v) is 7.35. The molecule has 1 N–H and O–H groups in total. The molecule has 1 aromatic heterocycles. The van der Waals surface area contributed by atoms with Crippen molar-refractivity contribution < 1.29 is 14.0 Å². The van der Waals surface area contributed by atoms with Gasteiger partial charge >= 0.3 is 6.03 Å². The predicted molar refractivity (Wildman–Crippen MR) is 103 cm³/mol. The fourth-order valence-electron chi connectivity index (χ4n) is 3.39. The van der Waals surface area contributed by atoms with Crippen molar-refractivity contribution in [3.8, 4) is 11.5 Å². The Hall–Kier alpha value is -2.63. The third kappa shape index (κ3) is 4.04. The predicted octanol–water partition coefficient (Wildman–Crippen LogP) is 4.43. The van der Waals surface area contributed by atoms with Crippen LogP contribution in [0.4, 0.5) is 4.79 Å². The summed E-state index contributed by atoms with van der Waals surface area (Å²) in [7, 11) is 0. The van der Waals surface area contributed by atoms with E-state index in [4.69, 9.17) is 4.42 Å². The van der Waals surface area contributed by atoms with Gasteiger partial charge in [-0.25, -0.2) is 9.78 Å². The highest BCUT2D eigenvalue weighted by Crippen LogP contribution is 2.27. The molecule has 3 amide bonds. The molecule has 1 aromatic carbocycles. The number of hydrogen-bond acceptors (Lipinski definition) is 4. The van der Waals surface area contributed by atoms with Gasteiger partial charge < -0.3 is 9.73 Å². The van der Waals surface area contributed by atoms with Crippen molar-refractivity contribution in [3.63, 3.8) is 0 Å². The highest BCUT2D eigenvalue weighted by Gasteiger charge is 2.47. The van der Waals surface area contributed by atoms with Crippen molar-refractivity contribution in [2.24, 2.45) is 0 Å². The normalized spacial score (nSPS) is 19.6. The number of carbonyl (C=O) groups excluding carboxylic acids is 2. The zero-order valence-electron chi connectivity index (χ0n) is 16.2. The molecule has 3 rings (SSSR count). The van der Waals surface area contributed by atoms with Gasteiger partial charge in [0.05, 0.1) is 6.54 Å². The Labute approximate surface area is 160 Å². The molecule has 144 valence electrons. The number of unbranched alkanes of at least 4 members (excludes halogenated alkanes) is 3. The van der Waals surface area contributed by atoms with Gasteiger partial charge in [-0.3, -0.25) is 9.69 Å². The van der Waals surface area contributed by atoms with E-state index < -0.39 is 5.54 Å². The lowest BCUT2D eigenvalue weighted by Crippen LogP contribution is -2.43. The van der Waals surface area contributed by atoms with Crippen LogP contribution in [-0.2, 0) is 11.3 Å². The molecule has 1 unspecified atom stereocenters. The van der Waals surface area contributed by atoms with Crippen LogP contribution in [0.25, 0.3) is 11.5 Å². The molecule has 6 heteroatoms. The highest BCUT2D eigenvalue weighted by atomic mass is 16.4. The first-order valence-corrected chi connectivity index (χ1v) is 9.60. The topological polar surface area (TPSA) is 75.4 Å². The minimum Gasteiger partial charge on any atom is -0.441 e. The number of carbonyl (C=O) groups is 2. The summed E-state index contributed by atoms with van der Waals surface area (Å²) >= 11 is 0. The first kappa shape index (κ1) is 19.1. The third-order valence-electron chi connectivity index (χ3n) is 5.10. The van der Waals surface area contributed by atoms with E-state index in [1.165, 1.54) is 4.90 Å². The lowest BCUT2D eigenvalue weighted by atomic mass is 9.94. The number of aryl methyl sites for hydroxylation is 1. The quantitative estimate of drug-likeness (QED) is 0.552. The van der Waals surface area contributed by atoms with Gasteiger partial charge in [0, 0.05) is 5.56 Å². The van der Waals surface area contributed by atoms with E-state index >= 15 is 0 Å². The van der Waals surface area contributed by atoms with Gasteiger partial charge in [0.2, 0.25) is 5.89 Å². The van der Waals surface area contributed by atoms with Crippen LogP contribution >= 0.6 is 0 Å². The largest absolute Gasteiger partial charge is 0.441 e.